The van der Waals surface area contributed by atoms with Crippen LogP contribution in [0.5, 0.6) is 5.75 Å². The van der Waals surface area contributed by atoms with Crippen LogP contribution in [0.3, 0.4) is 0 Å². The molecule has 2 aromatic rings. The fraction of sp³-hybridized carbons (Fsp3) is 0.176. The molecule has 2 aromatic carbocycles. The molecule has 2 amide bonds. The standard InChI is InChI=1S/C17H16Cl2N2O3/c18-12-6-7-15(14(19)10-12)21-17(23)11-20-16(22)8-9-24-13-4-2-1-3-5-13/h1-7,10H,8-9,11H2,(H,20,22)(H,21,23). The first-order valence-electron chi connectivity index (χ1n) is 7.24. The summed E-state index contributed by atoms with van der Waals surface area (Å²) in [5.41, 5.74) is 0.438. The van der Waals surface area contributed by atoms with Gasteiger partial charge in [0.25, 0.3) is 0 Å². The summed E-state index contributed by atoms with van der Waals surface area (Å²) in [6.45, 7) is 0.0869. The van der Waals surface area contributed by atoms with Crippen LogP contribution in [-0.4, -0.2) is 25.0 Å². The Kier molecular flexibility index (Phi) is 6.90. The summed E-state index contributed by atoms with van der Waals surface area (Å²) >= 11 is 11.7. The molecule has 0 bridgehead atoms. The van der Waals surface area contributed by atoms with E-state index >= 15 is 0 Å². The van der Waals surface area contributed by atoms with Crippen molar-refractivity contribution in [2.24, 2.45) is 0 Å². The first kappa shape index (κ1) is 18.1. The first-order valence-corrected chi connectivity index (χ1v) is 7.99. The number of hydrogen-bond donors (Lipinski definition) is 2. The van der Waals surface area contributed by atoms with Crippen LogP contribution < -0.4 is 15.4 Å². The van der Waals surface area contributed by atoms with Gasteiger partial charge in [0.05, 0.1) is 30.3 Å². The highest BCUT2D eigenvalue weighted by molar-refractivity contribution is 6.36. The summed E-state index contributed by atoms with van der Waals surface area (Å²) in [5.74, 6) is 0.0419. The number of carbonyl (C=O) groups excluding carboxylic acids is 2. The van der Waals surface area contributed by atoms with Gasteiger partial charge in [-0.05, 0) is 30.3 Å². The topological polar surface area (TPSA) is 67.4 Å². The van der Waals surface area contributed by atoms with E-state index in [-0.39, 0.29) is 31.4 Å². The molecule has 0 atom stereocenters. The lowest BCUT2D eigenvalue weighted by molar-refractivity contribution is -0.124. The van der Waals surface area contributed by atoms with E-state index in [0.29, 0.717) is 21.5 Å². The molecule has 0 unspecified atom stereocenters. The van der Waals surface area contributed by atoms with Crippen molar-refractivity contribution < 1.29 is 14.3 Å². The second-order valence-electron chi connectivity index (χ2n) is 4.86. The van der Waals surface area contributed by atoms with Crippen molar-refractivity contribution in [1.29, 1.82) is 0 Å². The van der Waals surface area contributed by atoms with E-state index in [9.17, 15) is 9.59 Å². The van der Waals surface area contributed by atoms with Gasteiger partial charge in [0.1, 0.15) is 5.75 Å². The number of anilines is 1. The van der Waals surface area contributed by atoms with Crippen LogP contribution in [-0.2, 0) is 9.59 Å². The first-order chi connectivity index (χ1) is 11.5. The van der Waals surface area contributed by atoms with E-state index in [0.717, 1.165) is 0 Å². The molecule has 0 saturated heterocycles. The fourth-order valence-electron chi connectivity index (χ4n) is 1.83. The average Bonchev–Trinajstić information content (AvgIpc) is 2.56. The van der Waals surface area contributed by atoms with Crippen LogP contribution in [0.25, 0.3) is 0 Å². The van der Waals surface area contributed by atoms with Gasteiger partial charge < -0.3 is 15.4 Å². The van der Waals surface area contributed by atoms with E-state index in [2.05, 4.69) is 10.6 Å². The van der Waals surface area contributed by atoms with Crippen molar-refractivity contribution in [2.75, 3.05) is 18.5 Å². The SMILES string of the molecule is O=C(CCOc1ccccc1)NCC(=O)Nc1ccc(Cl)cc1Cl. The number of carbonyl (C=O) groups is 2. The Balaban J connectivity index is 1.68. The molecule has 0 radical (unpaired) electrons. The number of nitrogens with one attached hydrogen (secondary N) is 2. The second kappa shape index (κ2) is 9.15. The van der Waals surface area contributed by atoms with E-state index in [1.54, 1.807) is 24.3 Å². The van der Waals surface area contributed by atoms with Crippen molar-refractivity contribution in [3.63, 3.8) is 0 Å². The maximum absolute atomic E-state index is 11.8. The maximum Gasteiger partial charge on any atom is 0.243 e. The maximum atomic E-state index is 11.8. The quantitative estimate of drug-likeness (QED) is 0.787. The van der Waals surface area contributed by atoms with Gasteiger partial charge in [0.15, 0.2) is 0 Å². The number of para-hydroxylation sites is 1. The van der Waals surface area contributed by atoms with Crippen LogP contribution in [0.1, 0.15) is 6.42 Å². The molecule has 0 heterocycles. The van der Waals surface area contributed by atoms with Gasteiger partial charge in [-0.25, -0.2) is 0 Å². The Morgan fingerprint density at radius 3 is 2.46 bits per heavy atom. The summed E-state index contributed by atoms with van der Waals surface area (Å²) in [7, 11) is 0. The molecule has 0 aliphatic carbocycles. The van der Waals surface area contributed by atoms with Gasteiger partial charge in [-0.1, -0.05) is 41.4 Å². The van der Waals surface area contributed by atoms with Gasteiger partial charge >= 0.3 is 0 Å². The molecule has 0 aliphatic rings. The van der Waals surface area contributed by atoms with Crippen molar-refractivity contribution in [2.45, 2.75) is 6.42 Å². The minimum Gasteiger partial charge on any atom is -0.493 e. The predicted octanol–water partition coefficient (Wildman–Crippen LogP) is 3.52. The van der Waals surface area contributed by atoms with Crippen molar-refractivity contribution in [3.8, 4) is 5.75 Å². The van der Waals surface area contributed by atoms with Crippen LogP contribution in [0.15, 0.2) is 48.5 Å². The highest BCUT2D eigenvalue weighted by atomic mass is 35.5. The monoisotopic (exact) mass is 366 g/mol. The zero-order valence-electron chi connectivity index (χ0n) is 12.7. The zero-order chi connectivity index (χ0) is 17.4. The highest BCUT2D eigenvalue weighted by Gasteiger charge is 2.08. The minimum atomic E-state index is -0.378. The lowest BCUT2D eigenvalue weighted by Gasteiger charge is -2.09. The van der Waals surface area contributed by atoms with Crippen LogP contribution in [0, 0.1) is 0 Å². The van der Waals surface area contributed by atoms with Gasteiger partial charge in [-0.2, -0.15) is 0 Å². The largest absolute Gasteiger partial charge is 0.493 e. The van der Waals surface area contributed by atoms with Crippen LogP contribution in [0.4, 0.5) is 5.69 Å². The molecule has 24 heavy (non-hydrogen) atoms. The average molecular weight is 367 g/mol. The molecule has 0 fully saturated rings. The third-order valence-corrected chi connectivity index (χ3v) is 3.54. The van der Waals surface area contributed by atoms with Gasteiger partial charge in [0.2, 0.25) is 11.8 Å². The smallest absolute Gasteiger partial charge is 0.243 e. The summed E-state index contributed by atoms with van der Waals surface area (Å²) in [6, 6.07) is 13.9. The van der Waals surface area contributed by atoms with Crippen molar-refractivity contribution >= 4 is 40.7 Å². The lowest BCUT2D eigenvalue weighted by Crippen LogP contribution is -2.33. The minimum absolute atomic E-state index is 0.150. The molecular formula is C17H16Cl2N2O3. The molecule has 0 saturated carbocycles. The van der Waals surface area contributed by atoms with E-state index < -0.39 is 0 Å². The summed E-state index contributed by atoms with van der Waals surface area (Å²) in [5, 5.41) is 5.93. The van der Waals surface area contributed by atoms with Crippen molar-refractivity contribution in [3.05, 3.63) is 58.6 Å². The van der Waals surface area contributed by atoms with E-state index in [4.69, 9.17) is 27.9 Å². The third kappa shape index (κ3) is 6.10. The Bertz CT molecular complexity index is 708. The highest BCUT2D eigenvalue weighted by Crippen LogP contribution is 2.25. The summed E-state index contributed by atoms with van der Waals surface area (Å²) < 4.78 is 5.41. The van der Waals surface area contributed by atoms with Gasteiger partial charge in [-0.15, -0.1) is 0 Å². The van der Waals surface area contributed by atoms with Gasteiger partial charge in [-0.3, -0.25) is 9.59 Å². The molecule has 0 aliphatic heterocycles. The van der Waals surface area contributed by atoms with E-state index in [1.807, 2.05) is 18.2 Å². The molecule has 0 aromatic heterocycles. The normalized spacial score (nSPS) is 10.1. The number of halogens is 2. The van der Waals surface area contributed by atoms with E-state index in [1.165, 1.54) is 6.07 Å². The zero-order valence-corrected chi connectivity index (χ0v) is 14.2. The lowest BCUT2D eigenvalue weighted by atomic mass is 10.3. The fourth-order valence-corrected chi connectivity index (χ4v) is 2.29. The third-order valence-electron chi connectivity index (χ3n) is 2.99. The molecule has 126 valence electrons. The Labute approximate surface area is 149 Å². The molecular weight excluding hydrogens is 351 g/mol. The number of rotatable bonds is 7. The summed E-state index contributed by atoms with van der Waals surface area (Å²) in [4.78, 5) is 23.5. The number of ether oxygens (including phenoxy) is 1. The number of benzene rings is 2. The molecule has 5 nitrogen and oxygen atoms in total. The van der Waals surface area contributed by atoms with Crippen molar-refractivity contribution in [1.82, 2.24) is 5.32 Å². The Morgan fingerprint density at radius 1 is 1.00 bits per heavy atom. The molecule has 0 spiro atoms. The van der Waals surface area contributed by atoms with Crippen LogP contribution >= 0.6 is 23.2 Å². The Hall–Kier alpha value is -2.24. The van der Waals surface area contributed by atoms with Gasteiger partial charge in [0, 0.05) is 5.02 Å². The number of amides is 2. The molecule has 7 heteroatoms. The van der Waals surface area contributed by atoms with Crippen LogP contribution in [0.2, 0.25) is 10.0 Å². The summed E-state index contributed by atoms with van der Waals surface area (Å²) in [6.07, 6.45) is 0.157. The molecule has 2 N–H and O–H groups in total. The predicted molar refractivity (Wildman–Crippen MR) is 94.7 cm³/mol. The Morgan fingerprint density at radius 2 is 1.75 bits per heavy atom. The molecule has 2 rings (SSSR count). The number of hydrogen-bond acceptors (Lipinski definition) is 3. The second-order valence-corrected chi connectivity index (χ2v) is 5.70.